The molecule has 1 aliphatic rings. The van der Waals surface area contributed by atoms with Crippen LogP contribution >= 0.6 is 11.6 Å². The molecule has 0 bridgehead atoms. The number of ether oxygens (including phenoxy) is 1. The number of rotatable bonds is 5. The molecule has 0 spiro atoms. The van der Waals surface area contributed by atoms with Crippen molar-refractivity contribution in [2.24, 2.45) is 0 Å². The Morgan fingerprint density at radius 1 is 1.12 bits per heavy atom. The van der Waals surface area contributed by atoms with E-state index in [4.69, 9.17) is 16.3 Å². The summed E-state index contributed by atoms with van der Waals surface area (Å²) in [6.45, 7) is 2.27. The molecule has 1 heterocycles. The largest absolute Gasteiger partial charge is 0.484 e. The highest BCUT2D eigenvalue weighted by atomic mass is 35.5. The van der Waals surface area contributed by atoms with Crippen LogP contribution in [0.1, 0.15) is 0 Å². The highest BCUT2D eigenvalue weighted by Gasteiger charge is 2.22. The maximum Gasteiger partial charge on any atom is 0.271 e. The fourth-order valence-corrected chi connectivity index (χ4v) is 2.99. The van der Waals surface area contributed by atoms with Gasteiger partial charge < -0.3 is 14.5 Å². The molecule has 1 amide bonds. The first-order chi connectivity index (χ1) is 12.5. The molecular weight excluding hydrogens is 358 g/mol. The van der Waals surface area contributed by atoms with Crippen molar-refractivity contribution in [1.82, 2.24) is 4.90 Å². The highest BCUT2D eigenvalue weighted by Crippen LogP contribution is 2.22. The third-order valence-corrected chi connectivity index (χ3v) is 4.43. The normalized spacial score (nSPS) is 14.2. The van der Waals surface area contributed by atoms with E-state index in [9.17, 15) is 14.9 Å². The number of nitro benzene ring substituents is 1. The van der Waals surface area contributed by atoms with Gasteiger partial charge in [-0.05, 0) is 24.3 Å². The first kappa shape index (κ1) is 18.0. The molecule has 26 heavy (non-hydrogen) atoms. The zero-order chi connectivity index (χ0) is 18.5. The average Bonchev–Trinajstić information content (AvgIpc) is 2.66. The number of nitro groups is 1. The van der Waals surface area contributed by atoms with E-state index in [2.05, 4.69) is 0 Å². The van der Waals surface area contributed by atoms with Crippen LogP contribution in [0.2, 0.25) is 5.02 Å². The van der Waals surface area contributed by atoms with E-state index in [-0.39, 0.29) is 18.2 Å². The number of piperazine rings is 1. The summed E-state index contributed by atoms with van der Waals surface area (Å²) in [5.74, 6) is 0.463. The van der Waals surface area contributed by atoms with Crippen LogP contribution in [0, 0.1) is 10.1 Å². The second kappa shape index (κ2) is 8.05. The number of halogens is 1. The Balaban J connectivity index is 1.52. The van der Waals surface area contributed by atoms with Crippen molar-refractivity contribution in [3.63, 3.8) is 0 Å². The van der Waals surface area contributed by atoms with Crippen LogP contribution in [0.5, 0.6) is 5.75 Å². The monoisotopic (exact) mass is 375 g/mol. The van der Waals surface area contributed by atoms with Crippen molar-refractivity contribution < 1.29 is 14.5 Å². The quantitative estimate of drug-likeness (QED) is 0.593. The van der Waals surface area contributed by atoms with Crippen molar-refractivity contribution in [3.8, 4) is 5.75 Å². The minimum atomic E-state index is -0.406. The number of benzene rings is 2. The van der Waals surface area contributed by atoms with Gasteiger partial charge in [0.15, 0.2) is 6.61 Å². The van der Waals surface area contributed by atoms with Gasteiger partial charge in [0.2, 0.25) is 0 Å². The van der Waals surface area contributed by atoms with Gasteiger partial charge in [-0.2, -0.15) is 0 Å². The molecule has 0 aliphatic carbocycles. The van der Waals surface area contributed by atoms with Crippen molar-refractivity contribution in [2.75, 3.05) is 37.7 Å². The molecule has 3 rings (SSSR count). The van der Waals surface area contributed by atoms with Gasteiger partial charge in [-0.3, -0.25) is 14.9 Å². The molecule has 2 aromatic rings. The Labute approximate surface area is 155 Å². The Kier molecular flexibility index (Phi) is 5.58. The van der Waals surface area contributed by atoms with Crippen LogP contribution < -0.4 is 9.64 Å². The third kappa shape index (κ3) is 4.43. The minimum Gasteiger partial charge on any atom is -0.484 e. The molecule has 1 saturated heterocycles. The Hall–Kier alpha value is -2.80. The topological polar surface area (TPSA) is 75.9 Å². The van der Waals surface area contributed by atoms with Crippen LogP contribution in [-0.4, -0.2) is 48.5 Å². The number of hydrogen-bond donors (Lipinski definition) is 0. The molecule has 7 nitrogen and oxygen atoms in total. The van der Waals surface area contributed by atoms with Crippen LogP contribution in [0.3, 0.4) is 0 Å². The standard InChI is InChI=1S/C18H18ClN3O4/c19-14-3-1-6-17(11-14)26-13-18(23)21-9-7-20(8-10-21)15-4-2-5-16(12-15)22(24)25/h1-6,11-12H,7-10,13H2. The van der Waals surface area contributed by atoms with Gasteiger partial charge in [0, 0.05) is 49.0 Å². The molecular formula is C18H18ClN3O4. The first-order valence-corrected chi connectivity index (χ1v) is 8.56. The van der Waals surface area contributed by atoms with E-state index in [1.165, 1.54) is 6.07 Å². The fraction of sp³-hybridized carbons (Fsp3) is 0.278. The fourth-order valence-electron chi connectivity index (χ4n) is 2.81. The van der Waals surface area contributed by atoms with Gasteiger partial charge in [-0.25, -0.2) is 0 Å². The van der Waals surface area contributed by atoms with E-state index >= 15 is 0 Å². The van der Waals surface area contributed by atoms with Gasteiger partial charge in [0.05, 0.1) is 4.92 Å². The molecule has 0 saturated carbocycles. The minimum absolute atomic E-state index is 0.0445. The van der Waals surface area contributed by atoms with E-state index in [0.29, 0.717) is 37.0 Å². The summed E-state index contributed by atoms with van der Waals surface area (Å²) >= 11 is 5.89. The Morgan fingerprint density at radius 2 is 1.85 bits per heavy atom. The SMILES string of the molecule is O=C(COc1cccc(Cl)c1)N1CCN(c2cccc([N+](=O)[O-])c2)CC1. The summed E-state index contributed by atoms with van der Waals surface area (Å²) in [7, 11) is 0. The van der Waals surface area contributed by atoms with E-state index in [1.54, 1.807) is 41.3 Å². The zero-order valence-corrected chi connectivity index (χ0v) is 14.8. The van der Waals surface area contributed by atoms with Crippen molar-refractivity contribution in [1.29, 1.82) is 0 Å². The van der Waals surface area contributed by atoms with Crippen LogP contribution in [0.15, 0.2) is 48.5 Å². The summed E-state index contributed by atoms with van der Waals surface area (Å²) in [4.78, 5) is 26.6. The molecule has 8 heteroatoms. The smallest absolute Gasteiger partial charge is 0.271 e. The second-order valence-electron chi connectivity index (χ2n) is 5.89. The first-order valence-electron chi connectivity index (χ1n) is 8.18. The van der Waals surface area contributed by atoms with Gasteiger partial charge >= 0.3 is 0 Å². The average molecular weight is 376 g/mol. The second-order valence-corrected chi connectivity index (χ2v) is 6.33. The third-order valence-electron chi connectivity index (χ3n) is 4.20. The lowest BCUT2D eigenvalue weighted by Crippen LogP contribution is -2.50. The lowest BCUT2D eigenvalue weighted by Gasteiger charge is -2.36. The molecule has 0 aromatic heterocycles. The molecule has 0 N–H and O–H groups in total. The molecule has 0 radical (unpaired) electrons. The summed E-state index contributed by atoms with van der Waals surface area (Å²) in [5.41, 5.74) is 0.859. The van der Waals surface area contributed by atoms with Crippen LogP contribution in [0.25, 0.3) is 0 Å². The van der Waals surface area contributed by atoms with Gasteiger partial charge in [-0.1, -0.05) is 23.7 Å². The summed E-state index contributed by atoms with van der Waals surface area (Å²) in [5, 5.41) is 11.5. The summed E-state index contributed by atoms with van der Waals surface area (Å²) in [6, 6.07) is 13.4. The van der Waals surface area contributed by atoms with E-state index in [1.807, 2.05) is 11.0 Å². The van der Waals surface area contributed by atoms with Gasteiger partial charge in [-0.15, -0.1) is 0 Å². The molecule has 0 atom stereocenters. The maximum absolute atomic E-state index is 12.3. The van der Waals surface area contributed by atoms with Crippen molar-refractivity contribution >= 4 is 28.9 Å². The Morgan fingerprint density at radius 3 is 2.54 bits per heavy atom. The zero-order valence-electron chi connectivity index (χ0n) is 14.0. The van der Waals surface area contributed by atoms with Crippen molar-refractivity contribution in [2.45, 2.75) is 0 Å². The van der Waals surface area contributed by atoms with E-state index in [0.717, 1.165) is 5.69 Å². The summed E-state index contributed by atoms with van der Waals surface area (Å²) < 4.78 is 5.49. The molecule has 136 valence electrons. The molecule has 1 aliphatic heterocycles. The number of carbonyl (C=O) groups excluding carboxylic acids is 1. The number of hydrogen-bond acceptors (Lipinski definition) is 5. The molecule has 1 fully saturated rings. The number of anilines is 1. The number of non-ortho nitro benzene ring substituents is 1. The van der Waals surface area contributed by atoms with E-state index < -0.39 is 4.92 Å². The van der Waals surface area contributed by atoms with Crippen LogP contribution in [0.4, 0.5) is 11.4 Å². The van der Waals surface area contributed by atoms with Crippen molar-refractivity contribution in [3.05, 3.63) is 63.7 Å². The predicted molar refractivity (Wildman–Crippen MR) is 98.8 cm³/mol. The number of carbonyl (C=O) groups is 1. The lowest BCUT2D eigenvalue weighted by atomic mass is 10.2. The number of amides is 1. The molecule has 0 unspecified atom stereocenters. The molecule has 2 aromatic carbocycles. The maximum atomic E-state index is 12.3. The lowest BCUT2D eigenvalue weighted by molar-refractivity contribution is -0.384. The highest BCUT2D eigenvalue weighted by molar-refractivity contribution is 6.30. The number of nitrogens with zero attached hydrogens (tertiary/aromatic N) is 3. The predicted octanol–water partition coefficient (Wildman–Crippen LogP) is 2.98. The Bertz CT molecular complexity index is 807. The summed E-state index contributed by atoms with van der Waals surface area (Å²) in [6.07, 6.45) is 0. The van der Waals surface area contributed by atoms with Gasteiger partial charge in [0.1, 0.15) is 5.75 Å². The van der Waals surface area contributed by atoms with Gasteiger partial charge in [0.25, 0.3) is 11.6 Å². The van der Waals surface area contributed by atoms with Crippen LogP contribution in [-0.2, 0) is 4.79 Å².